The molecule has 2 aromatic carbocycles. The molecule has 216 valence electrons. The number of pyridine rings is 1. The second-order valence-electron chi connectivity index (χ2n) is 9.89. The van der Waals surface area contributed by atoms with Crippen molar-refractivity contribution < 1.29 is 22.0 Å². The van der Waals surface area contributed by atoms with Gasteiger partial charge in [0.15, 0.2) is 5.82 Å². The van der Waals surface area contributed by atoms with Crippen LogP contribution in [0.4, 0.5) is 27.8 Å². The van der Waals surface area contributed by atoms with Crippen LogP contribution >= 0.6 is 23.4 Å². The van der Waals surface area contributed by atoms with Gasteiger partial charge in [-0.25, -0.2) is 13.8 Å². The van der Waals surface area contributed by atoms with E-state index in [9.17, 15) is 22.0 Å². The molecule has 0 saturated heterocycles. The Morgan fingerprint density at radius 2 is 1.73 bits per heavy atom. The number of likely N-dealkylation sites (N-methyl/N-ethyl adjacent to an activating group) is 1. The molecule has 0 fully saturated rings. The SMILES string of the molecule is CNC(Cc1cc(F)cc(F)c1)c1nc(C#CC(C)(C)SC)ccc1-c1ccc(Cl)c2c(N)nn(CC(F)(F)F)c12. The van der Waals surface area contributed by atoms with E-state index in [-0.39, 0.29) is 32.9 Å². The summed E-state index contributed by atoms with van der Waals surface area (Å²) in [6, 6.07) is 9.10. The number of anilines is 1. The quantitative estimate of drug-likeness (QED) is 0.172. The molecule has 2 aromatic heterocycles. The van der Waals surface area contributed by atoms with Gasteiger partial charge in [-0.15, -0.1) is 11.8 Å². The lowest BCUT2D eigenvalue weighted by Gasteiger charge is -2.21. The third kappa shape index (κ3) is 7.12. The highest BCUT2D eigenvalue weighted by Gasteiger charge is 2.31. The lowest BCUT2D eigenvalue weighted by atomic mass is 9.94. The van der Waals surface area contributed by atoms with Gasteiger partial charge in [-0.3, -0.25) is 4.68 Å². The van der Waals surface area contributed by atoms with Crippen LogP contribution in [0.5, 0.6) is 0 Å². The fourth-order valence-corrected chi connectivity index (χ4v) is 4.82. The van der Waals surface area contributed by atoms with Crippen LogP contribution in [-0.4, -0.2) is 39.0 Å². The van der Waals surface area contributed by atoms with Crippen molar-refractivity contribution in [2.45, 2.75) is 43.8 Å². The molecule has 5 nitrogen and oxygen atoms in total. The average molecular weight is 608 g/mol. The van der Waals surface area contributed by atoms with Crippen molar-refractivity contribution in [1.29, 1.82) is 0 Å². The highest BCUT2D eigenvalue weighted by atomic mass is 35.5. The van der Waals surface area contributed by atoms with Crippen molar-refractivity contribution in [3.05, 3.63) is 76.1 Å². The maximum absolute atomic E-state index is 14.0. The van der Waals surface area contributed by atoms with E-state index in [0.717, 1.165) is 10.7 Å². The molecule has 1 unspecified atom stereocenters. The first-order chi connectivity index (χ1) is 19.2. The number of hydrogen-bond acceptors (Lipinski definition) is 5. The van der Waals surface area contributed by atoms with Gasteiger partial charge >= 0.3 is 6.18 Å². The molecule has 0 bridgehead atoms. The van der Waals surface area contributed by atoms with Crippen molar-refractivity contribution >= 4 is 40.1 Å². The van der Waals surface area contributed by atoms with Crippen LogP contribution in [0, 0.1) is 23.5 Å². The van der Waals surface area contributed by atoms with Gasteiger partial charge < -0.3 is 11.1 Å². The van der Waals surface area contributed by atoms with Gasteiger partial charge in [-0.05, 0) is 75.4 Å². The molecule has 0 aliphatic heterocycles. The molecule has 0 aliphatic carbocycles. The highest BCUT2D eigenvalue weighted by Crippen LogP contribution is 2.40. The van der Waals surface area contributed by atoms with Crippen molar-refractivity contribution in [2.75, 3.05) is 19.0 Å². The number of nitrogens with zero attached hydrogens (tertiary/aromatic N) is 3. The van der Waals surface area contributed by atoms with E-state index >= 15 is 0 Å². The van der Waals surface area contributed by atoms with Gasteiger partial charge in [0.1, 0.15) is 23.9 Å². The lowest BCUT2D eigenvalue weighted by molar-refractivity contribution is -0.141. The number of nitrogen functional groups attached to an aromatic ring is 1. The minimum Gasteiger partial charge on any atom is -0.382 e. The van der Waals surface area contributed by atoms with Crippen molar-refractivity contribution in [3.63, 3.8) is 0 Å². The Morgan fingerprint density at radius 3 is 2.34 bits per heavy atom. The predicted molar refractivity (Wildman–Crippen MR) is 155 cm³/mol. The molecule has 3 N–H and O–H groups in total. The zero-order valence-electron chi connectivity index (χ0n) is 22.6. The normalized spacial score (nSPS) is 12.8. The second-order valence-corrected chi connectivity index (χ2v) is 11.7. The number of aromatic nitrogens is 3. The Bertz CT molecular complexity index is 1640. The lowest BCUT2D eigenvalue weighted by Crippen LogP contribution is -2.22. The molecule has 2 heterocycles. The van der Waals surface area contributed by atoms with E-state index < -0.39 is 30.4 Å². The molecule has 4 aromatic rings. The summed E-state index contributed by atoms with van der Waals surface area (Å²) in [7, 11) is 1.66. The van der Waals surface area contributed by atoms with Gasteiger partial charge in [0.05, 0.1) is 32.4 Å². The van der Waals surface area contributed by atoms with Gasteiger partial charge in [-0.1, -0.05) is 23.6 Å². The minimum absolute atomic E-state index is 0.0874. The molecule has 0 saturated carbocycles. The Balaban J connectivity index is 1.97. The first-order valence-electron chi connectivity index (χ1n) is 12.4. The summed E-state index contributed by atoms with van der Waals surface area (Å²) in [4.78, 5) is 4.79. The largest absolute Gasteiger partial charge is 0.408 e. The number of nitrogens with one attached hydrogen (secondary N) is 1. The van der Waals surface area contributed by atoms with Crippen LogP contribution in [0.25, 0.3) is 22.0 Å². The van der Waals surface area contributed by atoms with Gasteiger partial charge in [0.2, 0.25) is 0 Å². The molecule has 0 spiro atoms. The van der Waals surface area contributed by atoms with Crippen LogP contribution in [0.2, 0.25) is 5.02 Å². The summed E-state index contributed by atoms with van der Waals surface area (Å²) in [6.45, 7) is 2.54. The van der Waals surface area contributed by atoms with Crippen LogP contribution in [-0.2, 0) is 13.0 Å². The van der Waals surface area contributed by atoms with Crippen LogP contribution in [0.15, 0.2) is 42.5 Å². The fraction of sp³-hybridized carbons (Fsp3) is 0.310. The summed E-state index contributed by atoms with van der Waals surface area (Å²) in [5.74, 6) is 4.63. The third-order valence-electron chi connectivity index (χ3n) is 6.46. The Labute approximate surface area is 243 Å². The minimum atomic E-state index is -4.58. The van der Waals surface area contributed by atoms with Crippen molar-refractivity contribution in [2.24, 2.45) is 0 Å². The van der Waals surface area contributed by atoms with E-state index in [4.69, 9.17) is 22.3 Å². The smallest absolute Gasteiger partial charge is 0.382 e. The molecule has 0 amide bonds. The Morgan fingerprint density at radius 1 is 1.07 bits per heavy atom. The number of rotatable bonds is 7. The number of thioether (sulfide) groups is 1. The van der Waals surface area contributed by atoms with E-state index in [1.54, 1.807) is 37.0 Å². The maximum atomic E-state index is 14.0. The van der Waals surface area contributed by atoms with E-state index in [1.165, 1.54) is 18.2 Å². The van der Waals surface area contributed by atoms with Crippen molar-refractivity contribution in [3.8, 4) is 23.0 Å². The number of nitrogens with two attached hydrogens (primary N) is 1. The molecule has 4 rings (SSSR count). The summed E-state index contributed by atoms with van der Waals surface area (Å²) >= 11 is 7.93. The van der Waals surface area contributed by atoms with E-state index in [1.807, 2.05) is 20.1 Å². The second kappa shape index (κ2) is 11.9. The summed E-state index contributed by atoms with van der Waals surface area (Å²) in [5, 5.41) is 7.39. The zero-order chi connectivity index (χ0) is 30.1. The summed E-state index contributed by atoms with van der Waals surface area (Å²) in [6.07, 6.45) is -2.52. The molecule has 41 heavy (non-hydrogen) atoms. The average Bonchev–Trinajstić information content (AvgIpc) is 3.20. The van der Waals surface area contributed by atoms with E-state index in [0.29, 0.717) is 28.1 Å². The van der Waals surface area contributed by atoms with Gasteiger partial charge in [-0.2, -0.15) is 18.3 Å². The van der Waals surface area contributed by atoms with Gasteiger partial charge in [0, 0.05) is 17.2 Å². The molecular weight excluding hydrogens is 581 g/mol. The van der Waals surface area contributed by atoms with Crippen LogP contribution in [0.3, 0.4) is 0 Å². The monoisotopic (exact) mass is 607 g/mol. The first-order valence-corrected chi connectivity index (χ1v) is 14.0. The van der Waals surface area contributed by atoms with Crippen LogP contribution < -0.4 is 11.1 Å². The summed E-state index contributed by atoms with van der Waals surface area (Å²) < 4.78 is 69.0. The molecule has 1 atom stereocenters. The molecule has 12 heteroatoms. The van der Waals surface area contributed by atoms with Crippen LogP contribution in [0.1, 0.15) is 36.8 Å². The number of benzene rings is 2. The summed E-state index contributed by atoms with van der Waals surface area (Å²) in [5.41, 5.74) is 8.11. The van der Waals surface area contributed by atoms with E-state index in [2.05, 4.69) is 22.3 Å². The Hall–Kier alpha value is -3.33. The predicted octanol–water partition coefficient (Wildman–Crippen LogP) is 7.17. The number of alkyl halides is 3. The molecular formula is C29H27ClF5N5S. The Kier molecular flexibility index (Phi) is 8.87. The number of halogens is 6. The first kappa shape index (κ1) is 30.6. The standard InChI is InChI=1S/C29H27ClF5N5S/c1-28(2,41-4)10-9-19-5-6-20(25(38-19)23(37-3)13-16-11-17(31)14-18(32)12-16)21-7-8-22(30)24-26(21)40(39-27(24)36)15-29(33,34)35/h5-8,11-12,14,23,37H,13,15H2,1-4H3,(H2,36,39). The number of hydrogen-bond donors (Lipinski definition) is 2. The molecule has 0 aliphatic rings. The van der Waals surface area contributed by atoms with Gasteiger partial charge in [0.25, 0.3) is 0 Å². The van der Waals surface area contributed by atoms with Crippen molar-refractivity contribution in [1.82, 2.24) is 20.1 Å². The maximum Gasteiger partial charge on any atom is 0.408 e. The topological polar surface area (TPSA) is 68.8 Å². The number of fused-ring (bicyclic) bond motifs is 1. The zero-order valence-corrected chi connectivity index (χ0v) is 24.2. The highest BCUT2D eigenvalue weighted by molar-refractivity contribution is 8.00. The molecule has 0 radical (unpaired) electrons. The third-order valence-corrected chi connectivity index (χ3v) is 7.89. The fourth-order valence-electron chi connectivity index (χ4n) is 4.41.